The van der Waals surface area contributed by atoms with Crippen LogP contribution >= 0.6 is 0 Å². The van der Waals surface area contributed by atoms with Gasteiger partial charge < -0.3 is 15.0 Å². The lowest BCUT2D eigenvalue weighted by Crippen LogP contribution is -2.25. The predicted molar refractivity (Wildman–Crippen MR) is 103 cm³/mol. The van der Waals surface area contributed by atoms with E-state index in [0.717, 1.165) is 36.2 Å². The standard InChI is InChI=1S/C20H31N3O/c1-6-23(7-2)12-8-9-16(4)22-20-15(3)14-21-19-13-17(24-5)10-11-18(19)20/h10-11,13-14,16H,6-9,12H2,1-5H3,(H,21,22)/t16-/m1/s1. The number of benzene rings is 1. The number of nitrogens with zero attached hydrogens (tertiary/aromatic N) is 2. The molecule has 1 N–H and O–H groups in total. The minimum absolute atomic E-state index is 0.437. The van der Waals surface area contributed by atoms with E-state index in [1.165, 1.54) is 24.2 Å². The molecule has 0 fully saturated rings. The molecule has 2 aromatic rings. The third-order valence-electron chi connectivity index (χ3n) is 4.66. The highest BCUT2D eigenvalue weighted by molar-refractivity contribution is 5.93. The Hall–Kier alpha value is -1.81. The maximum atomic E-state index is 5.31. The second-order valence-electron chi connectivity index (χ2n) is 6.41. The zero-order valence-electron chi connectivity index (χ0n) is 15.7. The maximum Gasteiger partial charge on any atom is 0.121 e. The van der Waals surface area contributed by atoms with Gasteiger partial charge in [-0.25, -0.2) is 0 Å². The third-order valence-corrected chi connectivity index (χ3v) is 4.66. The van der Waals surface area contributed by atoms with Gasteiger partial charge in [0.2, 0.25) is 0 Å². The minimum atomic E-state index is 0.437. The van der Waals surface area contributed by atoms with Gasteiger partial charge in [-0.05, 0) is 64.0 Å². The Balaban J connectivity index is 2.07. The molecule has 0 bridgehead atoms. The van der Waals surface area contributed by atoms with Crippen LogP contribution in [0.4, 0.5) is 5.69 Å². The highest BCUT2D eigenvalue weighted by Gasteiger charge is 2.10. The number of ether oxygens (including phenoxy) is 1. The Morgan fingerprint density at radius 3 is 2.67 bits per heavy atom. The van der Waals surface area contributed by atoms with Gasteiger partial charge in [0.05, 0.1) is 12.6 Å². The number of methoxy groups -OCH3 is 1. The van der Waals surface area contributed by atoms with Gasteiger partial charge in [-0.2, -0.15) is 0 Å². The Morgan fingerprint density at radius 1 is 1.25 bits per heavy atom. The number of fused-ring (bicyclic) bond motifs is 1. The molecule has 0 radical (unpaired) electrons. The Kier molecular flexibility index (Phi) is 6.85. The highest BCUT2D eigenvalue weighted by Crippen LogP contribution is 2.29. The van der Waals surface area contributed by atoms with Gasteiger partial charge in [0, 0.05) is 29.4 Å². The number of hydrogen-bond acceptors (Lipinski definition) is 4. The number of aryl methyl sites for hydroxylation is 1. The summed E-state index contributed by atoms with van der Waals surface area (Å²) in [7, 11) is 1.69. The molecule has 2 rings (SSSR count). The molecular weight excluding hydrogens is 298 g/mol. The van der Waals surface area contributed by atoms with Crippen LogP contribution in [0, 0.1) is 6.92 Å². The van der Waals surface area contributed by atoms with Crippen molar-refractivity contribution >= 4 is 16.6 Å². The molecule has 0 unspecified atom stereocenters. The number of anilines is 1. The minimum Gasteiger partial charge on any atom is -0.497 e. The summed E-state index contributed by atoms with van der Waals surface area (Å²) < 4.78 is 5.31. The Morgan fingerprint density at radius 2 is 2.00 bits per heavy atom. The summed E-state index contributed by atoms with van der Waals surface area (Å²) in [4.78, 5) is 7.02. The van der Waals surface area contributed by atoms with E-state index in [9.17, 15) is 0 Å². The lowest BCUT2D eigenvalue weighted by molar-refractivity contribution is 0.295. The molecule has 0 aliphatic carbocycles. The molecule has 1 atom stereocenters. The summed E-state index contributed by atoms with van der Waals surface area (Å²) in [6.07, 6.45) is 4.31. The summed E-state index contributed by atoms with van der Waals surface area (Å²) in [5, 5.41) is 4.86. The van der Waals surface area contributed by atoms with E-state index in [-0.39, 0.29) is 0 Å². The molecule has 4 heteroatoms. The number of hydrogen-bond donors (Lipinski definition) is 1. The van der Waals surface area contributed by atoms with E-state index in [1.807, 2.05) is 18.3 Å². The van der Waals surface area contributed by atoms with Gasteiger partial charge in [0.25, 0.3) is 0 Å². The second-order valence-corrected chi connectivity index (χ2v) is 6.41. The van der Waals surface area contributed by atoms with Gasteiger partial charge >= 0.3 is 0 Å². The monoisotopic (exact) mass is 329 g/mol. The summed E-state index contributed by atoms with van der Waals surface area (Å²) in [6.45, 7) is 12.3. The quantitative estimate of drug-likeness (QED) is 0.736. The van der Waals surface area contributed by atoms with Crippen LogP contribution < -0.4 is 10.1 Å². The van der Waals surface area contributed by atoms with Crippen LogP contribution in [-0.2, 0) is 0 Å². The lowest BCUT2D eigenvalue weighted by Gasteiger charge is -2.21. The maximum absolute atomic E-state index is 5.31. The molecule has 0 aliphatic heterocycles. The van der Waals surface area contributed by atoms with Crippen LogP contribution in [0.1, 0.15) is 39.2 Å². The fourth-order valence-corrected chi connectivity index (χ4v) is 3.07. The van der Waals surface area contributed by atoms with E-state index in [4.69, 9.17) is 4.74 Å². The molecule has 1 aromatic carbocycles. The van der Waals surface area contributed by atoms with Gasteiger partial charge in [0.1, 0.15) is 5.75 Å². The molecule has 0 saturated heterocycles. The third kappa shape index (κ3) is 4.60. The molecule has 4 nitrogen and oxygen atoms in total. The molecule has 132 valence electrons. The van der Waals surface area contributed by atoms with Crippen molar-refractivity contribution in [1.82, 2.24) is 9.88 Å². The van der Waals surface area contributed by atoms with Crippen LogP contribution in [0.5, 0.6) is 5.75 Å². The first kappa shape index (κ1) is 18.5. The van der Waals surface area contributed by atoms with Gasteiger partial charge in [-0.1, -0.05) is 13.8 Å². The summed E-state index contributed by atoms with van der Waals surface area (Å²) in [5.74, 6) is 0.845. The van der Waals surface area contributed by atoms with Gasteiger partial charge in [-0.15, -0.1) is 0 Å². The molecule has 0 amide bonds. The average molecular weight is 329 g/mol. The van der Waals surface area contributed by atoms with Crippen molar-refractivity contribution in [2.24, 2.45) is 0 Å². The summed E-state index contributed by atoms with van der Waals surface area (Å²) in [6, 6.07) is 6.52. The number of rotatable bonds is 9. The van der Waals surface area contributed by atoms with E-state index < -0.39 is 0 Å². The van der Waals surface area contributed by atoms with Crippen LogP contribution in [-0.4, -0.2) is 42.7 Å². The van der Waals surface area contributed by atoms with E-state index >= 15 is 0 Å². The SMILES string of the molecule is CCN(CC)CCC[C@@H](C)Nc1c(C)cnc2cc(OC)ccc12. The topological polar surface area (TPSA) is 37.4 Å². The van der Waals surface area contributed by atoms with Crippen molar-refractivity contribution in [2.45, 2.75) is 46.6 Å². The van der Waals surface area contributed by atoms with Crippen molar-refractivity contribution in [2.75, 3.05) is 32.1 Å². The molecule has 0 spiro atoms. The van der Waals surface area contributed by atoms with Crippen molar-refractivity contribution in [3.63, 3.8) is 0 Å². The number of pyridine rings is 1. The largest absolute Gasteiger partial charge is 0.497 e. The molecule has 0 saturated carbocycles. The molecular formula is C20H31N3O. The fraction of sp³-hybridized carbons (Fsp3) is 0.550. The van der Waals surface area contributed by atoms with Crippen molar-refractivity contribution in [3.05, 3.63) is 30.0 Å². The summed E-state index contributed by atoms with van der Waals surface area (Å²) in [5.41, 5.74) is 3.35. The average Bonchev–Trinajstić information content (AvgIpc) is 2.60. The van der Waals surface area contributed by atoms with Crippen molar-refractivity contribution in [1.29, 1.82) is 0 Å². The summed E-state index contributed by atoms with van der Waals surface area (Å²) >= 11 is 0. The Labute approximate surface area is 146 Å². The Bertz CT molecular complexity index is 653. The van der Waals surface area contributed by atoms with Crippen LogP contribution in [0.2, 0.25) is 0 Å². The zero-order chi connectivity index (χ0) is 17.5. The van der Waals surface area contributed by atoms with E-state index in [1.54, 1.807) is 7.11 Å². The normalized spacial score (nSPS) is 12.6. The smallest absolute Gasteiger partial charge is 0.121 e. The van der Waals surface area contributed by atoms with E-state index in [0.29, 0.717) is 6.04 Å². The van der Waals surface area contributed by atoms with Crippen LogP contribution in [0.25, 0.3) is 10.9 Å². The first-order chi connectivity index (χ1) is 11.6. The molecule has 0 aliphatic rings. The molecule has 24 heavy (non-hydrogen) atoms. The number of aromatic nitrogens is 1. The van der Waals surface area contributed by atoms with E-state index in [2.05, 4.69) is 49.0 Å². The first-order valence-electron chi connectivity index (χ1n) is 9.01. The molecule has 1 aromatic heterocycles. The lowest BCUT2D eigenvalue weighted by atomic mass is 10.1. The molecule has 1 heterocycles. The zero-order valence-corrected chi connectivity index (χ0v) is 15.7. The van der Waals surface area contributed by atoms with Gasteiger partial charge in [-0.3, -0.25) is 4.98 Å². The van der Waals surface area contributed by atoms with Crippen LogP contribution in [0.3, 0.4) is 0 Å². The van der Waals surface area contributed by atoms with Gasteiger partial charge in [0.15, 0.2) is 0 Å². The second kappa shape index (κ2) is 8.88. The van der Waals surface area contributed by atoms with Crippen molar-refractivity contribution < 1.29 is 4.74 Å². The first-order valence-corrected chi connectivity index (χ1v) is 9.01. The van der Waals surface area contributed by atoms with Crippen molar-refractivity contribution in [3.8, 4) is 5.75 Å². The fourth-order valence-electron chi connectivity index (χ4n) is 3.07. The van der Waals surface area contributed by atoms with Crippen LogP contribution in [0.15, 0.2) is 24.4 Å². The highest BCUT2D eigenvalue weighted by atomic mass is 16.5. The predicted octanol–water partition coefficient (Wildman–Crippen LogP) is 4.47. The number of nitrogens with one attached hydrogen (secondary N) is 1.